The number of nitro benzene ring substituents is 1. The molecule has 1 unspecified atom stereocenters. The van der Waals surface area contributed by atoms with Crippen LogP contribution in [0.1, 0.15) is 25.5 Å². The SMILES string of the molecule is CC1(C)OCC(Cl)(Cl)C(c2ccc([N+](=O)[O-])cc2)O1. The van der Waals surface area contributed by atoms with E-state index in [1.807, 2.05) is 0 Å². The third-order valence-corrected chi connectivity index (χ3v) is 3.42. The molecular weight excluding hydrogens is 293 g/mol. The fourth-order valence-corrected chi connectivity index (χ4v) is 2.28. The molecule has 1 fully saturated rings. The van der Waals surface area contributed by atoms with Gasteiger partial charge in [-0.25, -0.2) is 0 Å². The Morgan fingerprint density at radius 3 is 2.42 bits per heavy atom. The summed E-state index contributed by atoms with van der Waals surface area (Å²) in [6.45, 7) is 3.63. The molecule has 0 saturated carbocycles. The molecule has 1 atom stereocenters. The van der Waals surface area contributed by atoms with Crippen molar-refractivity contribution >= 4 is 28.9 Å². The minimum absolute atomic E-state index is 0.00446. The smallest absolute Gasteiger partial charge is 0.269 e. The van der Waals surface area contributed by atoms with Crippen LogP contribution in [0.3, 0.4) is 0 Å². The molecule has 0 N–H and O–H groups in total. The maximum Gasteiger partial charge on any atom is 0.269 e. The van der Waals surface area contributed by atoms with Crippen molar-refractivity contribution in [1.29, 1.82) is 0 Å². The molecule has 0 bridgehead atoms. The molecule has 0 radical (unpaired) electrons. The highest BCUT2D eigenvalue weighted by Crippen LogP contribution is 2.46. The first-order chi connectivity index (χ1) is 8.71. The average Bonchev–Trinajstić information content (AvgIpc) is 2.33. The molecule has 19 heavy (non-hydrogen) atoms. The molecule has 5 nitrogen and oxygen atoms in total. The quantitative estimate of drug-likeness (QED) is 0.476. The van der Waals surface area contributed by atoms with Gasteiger partial charge in [0.15, 0.2) is 10.1 Å². The number of hydrogen-bond acceptors (Lipinski definition) is 4. The van der Waals surface area contributed by atoms with Gasteiger partial charge >= 0.3 is 0 Å². The molecule has 1 aliphatic heterocycles. The van der Waals surface area contributed by atoms with Gasteiger partial charge in [0.2, 0.25) is 0 Å². The van der Waals surface area contributed by atoms with Crippen LogP contribution in [0.4, 0.5) is 5.69 Å². The zero-order chi connectivity index (χ0) is 14.3. The van der Waals surface area contributed by atoms with Gasteiger partial charge < -0.3 is 9.47 Å². The molecule has 104 valence electrons. The van der Waals surface area contributed by atoms with E-state index in [9.17, 15) is 10.1 Å². The Balaban J connectivity index is 2.30. The van der Waals surface area contributed by atoms with E-state index in [-0.39, 0.29) is 12.3 Å². The largest absolute Gasteiger partial charge is 0.347 e. The Labute approximate surface area is 120 Å². The lowest BCUT2D eigenvalue weighted by molar-refractivity contribution is -0.384. The van der Waals surface area contributed by atoms with Crippen LogP contribution < -0.4 is 0 Å². The van der Waals surface area contributed by atoms with Gasteiger partial charge in [0.25, 0.3) is 5.69 Å². The van der Waals surface area contributed by atoms with Crippen molar-refractivity contribution in [3.8, 4) is 0 Å². The van der Waals surface area contributed by atoms with E-state index in [0.717, 1.165) is 0 Å². The highest BCUT2D eigenvalue weighted by molar-refractivity contribution is 6.49. The maximum atomic E-state index is 10.6. The predicted octanol–water partition coefficient (Wildman–Crippen LogP) is 3.59. The molecule has 1 aliphatic rings. The fourth-order valence-electron chi connectivity index (χ4n) is 1.83. The first-order valence-corrected chi connectivity index (χ1v) is 6.41. The van der Waals surface area contributed by atoms with Crippen LogP contribution in [0.2, 0.25) is 0 Å². The van der Waals surface area contributed by atoms with E-state index in [4.69, 9.17) is 32.7 Å². The van der Waals surface area contributed by atoms with E-state index >= 15 is 0 Å². The molecule has 1 aromatic carbocycles. The van der Waals surface area contributed by atoms with Crippen molar-refractivity contribution < 1.29 is 14.4 Å². The Kier molecular flexibility index (Phi) is 3.75. The van der Waals surface area contributed by atoms with Gasteiger partial charge in [0, 0.05) is 12.1 Å². The summed E-state index contributed by atoms with van der Waals surface area (Å²) in [5.41, 5.74) is 0.678. The van der Waals surface area contributed by atoms with E-state index in [2.05, 4.69) is 0 Å². The number of halogens is 2. The number of hydrogen-bond donors (Lipinski definition) is 0. The van der Waals surface area contributed by atoms with Crippen LogP contribution in [0.5, 0.6) is 0 Å². The number of nitrogens with zero attached hydrogens (tertiary/aromatic N) is 1. The monoisotopic (exact) mass is 305 g/mol. The summed E-state index contributed by atoms with van der Waals surface area (Å²) in [5.74, 6) is -0.806. The molecule has 2 rings (SSSR count). The van der Waals surface area contributed by atoms with Crippen LogP contribution in [0.25, 0.3) is 0 Å². The Bertz CT molecular complexity index is 487. The first kappa shape index (κ1) is 14.5. The normalized spacial score (nSPS) is 24.9. The van der Waals surface area contributed by atoms with E-state index in [0.29, 0.717) is 5.56 Å². The van der Waals surface area contributed by atoms with Gasteiger partial charge in [-0.3, -0.25) is 10.1 Å². The molecule has 1 aromatic rings. The summed E-state index contributed by atoms with van der Waals surface area (Å²) in [6.07, 6.45) is -0.611. The number of ether oxygens (including phenoxy) is 2. The third kappa shape index (κ3) is 3.17. The topological polar surface area (TPSA) is 61.6 Å². The molecule has 1 heterocycles. The van der Waals surface area contributed by atoms with Gasteiger partial charge in [-0.2, -0.15) is 0 Å². The van der Waals surface area contributed by atoms with E-state index in [1.165, 1.54) is 12.1 Å². The number of non-ortho nitro benzene ring substituents is 1. The van der Waals surface area contributed by atoms with Gasteiger partial charge in [0.05, 0.1) is 11.5 Å². The third-order valence-electron chi connectivity index (χ3n) is 2.80. The maximum absolute atomic E-state index is 10.6. The van der Waals surface area contributed by atoms with Gasteiger partial charge in [-0.15, -0.1) is 0 Å². The molecule has 1 saturated heterocycles. The lowest BCUT2D eigenvalue weighted by atomic mass is 10.0. The number of rotatable bonds is 2. The van der Waals surface area contributed by atoms with E-state index in [1.54, 1.807) is 26.0 Å². The van der Waals surface area contributed by atoms with Crippen molar-refractivity contribution in [1.82, 2.24) is 0 Å². The minimum atomic E-state index is -1.23. The molecule has 0 aliphatic carbocycles. The fraction of sp³-hybridized carbons (Fsp3) is 0.500. The summed E-state index contributed by atoms with van der Waals surface area (Å²) in [4.78, 5) is 10.2. The Morgan fingerprint density at radius 2 is 1.89 bits per heavy atom. The average molecular weight is 306 g/mol. The van der Waals surface area contributed by atoms with Crippen molar-refractivity contribution in [3.63, 3.8) is 0 Å². The zero-order valence-corrected chi connectivity index (χ0v) is 11.9. The summed E-state index contributed by atoms with van der Waals surface area (Å²) in [5, 5.41) is 10.6. The Morgan fingerprint density at radius 1 is 1.32 bits per heavy atom. The lowest BCUT2D eigenvalue weighted by Gasteiger charge is -2.43. The van der Waals surface area contributed by atoms with Gasteiger partial charge in [-0.05, 0) is 31.5 Å². The van der Waals surface area contributed by atoms with Crippen molar-refractivity contribution in [2.45, 2.75) is 30.1 Å². The highest BCUT2D eigenvalue weighted by atomic mass is 35.5. The van der Waals surface area contributed by atoms with Crippen LogP contribution in [0.15, 0.2) is 24.3 Å². The minimum Gasteiger partial charge on any atom is -0.347 e. The second-order valence-electron chi connectivity index (χ2n) is 4.80. The number of alkyl halides is 2. The Hall–Kier alpha value is -0.880. The molecular formula is C12H13Cl2NO4. The standard InChI is InChI=1S/C12H13Cl2NO4/c1-11(2)18-7-12(13,14)10(19-11)8-3-5-9(6-4-8)15(16)17/h3-6,10H,7H2,1-2H3. The molecule has 0 spiro atoms. The molecule has 0 amide bonds. The van der Waals surface area contributed by atoms with Crippen LogP contribution in [-0.2, 0) is 9.47 Å². The highest BCUT2D eigenvalue weighted by Gasteiger charge is 2.46. The number of nitro groups is 1. The zero-order valence-electron chi connectivity index (χ0n) is 10.4. The second kappa shape index (κ2) is 4.90. The molecule has 0 aromatic heterocycles. The van der Waals surface area contributed by atoms with E-state index < -0.39 is 21.1 Å². The first-order valence-electron chi connectivity index (χ1n) is 5.65. The van der Waals surface area contributed by atoms with Gasteiger partial charge in [-0.1, -0.05) is 23.2 Å². The van der Waals surface area contributed by atoms with Crippen LogP contribution in [0, 0.1) is 10.1 Å². The van der Waals surface area contributed by atoms with Crippen molar-refractivity contribution in [3.05, 3.63) is 39.9 Å². The summed E-state index contributed by atoms with van der Waals surface area (Å²) in [7, 11) is 0. The molecule has 7 heteroatoms. The summed E-state index contributed by atoms with van der Waals surface area (Å²) < 4.78 is 9.89. The second-order valence-corrected chi connectivity index (χ2v) is 6.34. The van der Waals surface area contributed by atoms with Crippen molar-refractivity contribution in [2.75, 3.05) is 6.61 Å². The predicted molar refractivity (Wildman–Crippen MR) is 71.4 cm³/mol. The van der Waals surface area contributed by atoms with Crippen molar-refractivity contribution in [2.24, 2.45) is 0 Å². The van der Waals surface area contributed by atoms with Crippen LogP contribution >= 0.6 is 23.2 Å². The lowest BCUT2D eigenvalue weighted by Crippen LogP contribution is -2.46. The van der Waals surface area contributed by atoms with Crippen LogP contribution in [-0.4, -0.2) is 21.7 Å². The summed E-state index contributed by atoms with van der Waals surface area (Å²) in [6, 6.07) is 5.96. The summed E-state index contributed by atoms with van der Waals surface area (Å²) >= 11 is 12.4. The van der Waals surface area contributed by atoms with Gasteiger partial charge in [0.1, 0.15) is 6.10 Å². The number of benzene rings is 1.